The molecule has 0 aliphatic rings. The van der Waals surface area contributed by atoms with Crippen molar-refractivity contribution in [2.45, 2.75) is 33.2 Å². The number of nitrogens with zero attached hydrogens (tertiary/aromatic N) is 1. The number of carboxylic acids is 1. The predicted molar refractivity (Wildman–Crippen MR) is 73.1 cm³/mol. The SMILES string of the molecule is CCc1c(C)sc2[nH]c(=O)n(CCC(=O)O)c(=O)c12. The zero-order chi connectivity index (χ0) is 14.2. The molecule has 0 bridgehead atoms. The second-order valence-corrected chi connectivity index (χ2v) is 5.45. The molecule has 0 amide bonds. The lowest BCUT2D eigenvalue weighted by molar-refractivity contribution is -0.137. The normalized spacial score (nSPS) is 11.1. The Kier molecular flexibility index (Phi) is 3.57. The second kappa shape index (κ2) is 5.00. The van der Waals surface area contributed by atoms with Gasteiger partial charge in [0.15, 0.2) is 0 Å². The van der Waals surface area contributed by atoms with Gasteiger partial charge in [-0.2, -0.15) is 0 Å². The summed E-state index contributed by atoms with van der Waals surface area (Å²) in [5.41, 5.74) is -0.0332. The van der Waals surface area contributed by atoms with Gasteiger partial charge in [-0.15, -0.1) is 11.3 Å². The van der Waals surface area contributed by atoms with E-state index in [-0.39, 0.29) is 13.0 Å². The van der Waals surface area contributed by atoms with E-state index in [9.17, 15) is 14.4 Å². The van der Waals surface area contributed by atoms with Gasteiger partial charge in [-0.25, -0.2) is 4.79 Å². The molecular weight excluding hydrogens is 268 g/mol. The van der Waals surface area contributed by atoms with Crippen molar-refractivity contribution in [3.63, 3.8) is 0 Å². The number of aromatic nitrogens is 2. The maximum absolute atomic E-state index is 12.3. The van der Waals surface area contributed by atoms with Gasteiger partial charge in [0.1, 0.15) is 4.83 Å². The van der Waals surface area contributed by atoms with E-state index in [4.69, 9.17) is 5.11 Å². The second-order valence-electron chi connectivity index (χ2n) is 4.23. The van der Waals surface area contributed by atoms with E-state index in [1.165, 1.54) is 11.3 Å². The number of H-pyrrole nitrogens is 1. The van der Waals surface area contributed by atoms with Gasteiger partial charge in [-0.3, -0.25) is 19.1 Å². The number of thiophene rings is 1. The number of hydrogen-bond acceptors (Lipinski definition) is 4. The monoisotopic (exact) mass is 282 g/mol. The molecule has 0 spiro atoms. The third-order valence-electron chi connectivity index (χ3n) is 3.04. The molecule has 0 unspecified atom stereocenters. The molecule has 2 rings (SSSR count). The van der Waals surface area contributed by atoms with E-state index in [2.05, 4.69) is 4.98 Å². The summed E-state index contributed by atoms with van der Waals surface area (Å²) in [6.45, 7) is 3.74. The van der Waals surface area contributed by atoms with Crippen LogP contribution in [0.4, 0.5) is 0 Å². The molecule has 2 aromatic heterocycles. The lowest BCUT2D eigenvalue weighted by Gasteiger charge is -2.03. The Balaban J connectivity index is 2.69. The highest BCUT2D eigenvalue weighted by atomic mass is 32.1. The molecule has 0 aliphatic carbocycles. The Morgan fingerprint density at radius 1 is 1.42 bits per heavy atom. The number of fused-ring (bicyclic) bond motifs is 1. The topological polar surface area (TPSA) is 92.2 Å². The van der Waals surface area contributed by atoms with E-state index >= 15 is 0 Å². The summed E-state index contributed by atoms with van der Waals surface area (Å²) in [5, 5.41) is 9.16. The molecule has 0 saturated heterocycles. The molecule has 2 N–H and O–H groups in total. The van der Waals surface area contributed by atoms with Crippen molar-refractivity contribution < 1.29 is 9.90 Å². The van der Waals surface area contributed by atoms with Crippen LogP contribution in [-0.4, -0.2) is 20.6 Å². The number of carboxylic acid groups (broad SMARTS) is 1. The fourth-order valence-electron chi connectivity index (χ4n) is 2.12. The Morgan fingerprint density at radius 3 is 2.68 bits per heavy atom. The van der Waals surface area contributed by atoms with Crippen molar-refractivity contribution in [3.8, 4) is 0 Å². The van der Waals surface area contributed by atoms with Gasteiger partial charge in [-0.05, 0) is 18.9 Å². The number of carbonyl (C=O) groups is 1. The van der Waals surface area contributed by atoms with Crippen molar-refractivity contribution in [2.24, 2.45) is 0 Å². The summed E-state index contributed by atoms with van der Waals surface area (Å²) in [5.74, 6) is -1.04. The number of rotatable bonds is 4. The minimum absolute atomic E-state index is 0.114. The van der Waals surface area contributed by atoms with Gasteiger partial charge in [0, 0.05) is 11.4 Å². The van der Waals surface area contributed by atoms with Gasteiger partial charge >= 0.3 is 11.7 Å². The molecule has 6 nitrogen and oxygen atoms in total. The van der Waals surface area contributed by atoms with Crippen molar-refractivity contribution in [1.29, 1.82) is 0 Å². The third-order valence-corrected chi connectivity index (χ3v) is 4.10. The summed E-state index contributed by atoms with van der Waals surface area (Å²) in [6.07, 6.45) is 0.450. The number of aliphatic carboxylic acids is 1. The third kappa shape index (κ3) is 2.33. The molecule has 0 saturated carbocycles. The van der Waals surface area contributed by atoms with Crippen molar-refractivity contribution in [2.75, 3.05) is 0 Å². The van der Waals surface area contributed by atoms with Gasteiger partial charge in [-0.1, -0.05) is 6.92 Å². The number of hydrogen-bond donors (Lipinski definition) is 2. The van der Waals surface area contributed by atoms with Crippen LogP contribution in [-0.2, 0) is 17.8 Å². The first-order chi connectivity index (χ1) is 8.95. The number of aromatic amines is 1. The molecule has 0 radical (unpaired) electrons. The number of aryl methyl sites for hydroxylation is 2. The van der Waals surface area contributed by atoms with Crippen molar-refractivity contribution >= 4 is 27.5 Å². The standard InChI is InChI=1S/C12H14N2O4S/c1-3-7-6(2)19-10-9(7)11(17)14(12(18)13-10)5-4-8(15)16/h3-5H2,1-2H3,(H,13,18)(H,15,16). The fraction of sp³-hybridized carbons (Fsp3) is 0.417. The molecule has 19 heavy (non-hydrogen) atoms. The Morgan fingerprint density at radius 2 is 2.11 bits per heavy atom. The van der Waals surface area contributed by atoms with Crippen LogP contribution in [0, 0.1) is 6.92 Å². The molecule has 0 aromatic carbocycles. The lowest BCUT2D eigenvalue weighted by atomic mass is 10.1. The molecule has 0 aliphatic heterocycles. The highest BCUT2D eigenvalue weighted by Crippen LogP contribution is 2.26. The first kappa shape index (κ1) is 13.5. The average Bonchev–Trinajstić information content (AvgIpc) is 2.64. The molecule has 2 aromatic rings. The molecular formula is C12H14N2O4S. The zero-order valence-corrected chi connectivity index (χ0v) is 11.5. The molecule has 0 atom stereocenters. The van der Waals surface area contributed by atoms with E-state index in [1.807, 2.05) is 13.8 Å². The van der Waals surface area contributed by atoms with Crippen molar-refractivity contribution in [1.82, 2.24) is 9.55 Å². The summed E-state index contributed by atoms with van der Waals surface area (Å²) in [7, 11) is 0. The minimum atomic E-state index is -1.04. The quantitative estimate of drug-likeness (QED) is 0.878. The van der Waals surface area contributed by atoms with Gasteiger partial charge in [0.2, 0.25) is 0 Å². The number of nitrogens with one attached hydrogen (secondary N) is 1. The van der Waals surface area contributed by atoms with Crippen LogP contribution in [0.5, 0.6) is 0 Å². The molecule has 102 valence electrons. The first-order valence-corrected chi connectivity index (χ1v) is 6.74. The highest BCUT2D eigenvalue weighted by molar-refractivity contribution is 7.18. The van der Waals surface area contributed by atoms with Crippen LogP contribution in [0.15, 0.2) is 9.59 Å². The fourth-order valence-corrected chi connectivity index (χ4v) is 3.25. The Hall–Kier alpha value is -1.89. The van der Waals surface area contributed by atoms with Crippen LogP contribution < -0.4 is 11.2 Å². The summed E-state index contributed by atoms with van der Waals surface area (Å²) < 4.78 is 0.960. The lowest BCUT2D eigenvalue weighted by Crippen LogP contribution is -2.35. The Bertz CT molecular complexity index is 753. The van der Waals surface area contributed by atoms with Gasteiger partial charge in [0.05, 0.1) is 11.8 Å². The summed E-state index contributed by atoms with van der Waals surface area (Å²) >= 11 is 1.38. The molecule has 0 fully saturated rings. The smallest absolute Gasteiger partial charge is 0.329 e. The van der Waals surface area contributed by atoms with Gasteiger partial charge < -0.3 is 5.11 Å². The van der Waals surface area contributed by atoms with Crippen LogP contribution in [0.2, 0.25) is 0 Å². The zero-order valence-electron chi connectivity index (χ0n) is 10.6. The van der Waals surface area contributed by atoms with Crippen LogP contribution in [0.1, 0.15) is 23.8 Å². The largest absolute Gasteiger partial charge is 0.481 e. The van der Waals surface area contributed by atoms with E-state index in [0.29, 0.717) is 16.6 Å². The predicted octanol–water partition coefficient (Wildman–Crippen LogP) is 1.10. The summed E-state index contributed by atoms with van der Waals surface area (Å²) in [6, 6.07) is 0. The van der Waals surface area contributed by atoms with E-state index in [0.717, 1.165) is 15.0 Å². The minimum Gasteiger partial charge on any atom is -0.481 e. The van der Waals surface area contributed by atoms with Crippen LogP contribution in [0.25, 0.3) is 10.2 Å². The van der Waals surface area contributed by atoms with Crippen LogP contribution >= 0.6 is 11.3 Å². The van der Waals surface area contributed by atoms with E-state index in [1.54, 1.807) is 0 Å². The average molecular weight is 282 g/mol. The first-order valence-electron chi connectivity index (χ1n) is 5.92. The maximum atomic E-state index is 12.3. The molecule has 2 heterocycles. The highest BCUT2D eigenvalue weighted by Gasteiger charge is 2.15. The Labute approximate surface area is 112 Å². The van der Waals surface area contributed by atoms with Crippen molar-refractivity contribution in [3.05, 3.63) is 31.3 Å². The molecule has 7 heteroatoms. The summed E-state index contributed by atoms with van der Waals surface area (Å²) in [4.78, 5) is 38.9. The van der Waals surface area contributed by atoms with Gasteiger partial charge in [0.25, 0.3) is 5.56 Å². The maximum Gasteiger partial charge on any atom is 0.329 e. The van der Waals surface area contributed by atoms with Crippen LogP contribution in [0.3, 0.4) is 0 Å². The van der Waals surface area contributed by atoms with E-state index < -0.39 is 17.2 Å².